The van der Waals surface area contributed by atoms with Gasteiger partial charge in [0.2, 0.25) is 0 Å². The number of quaternary nitrogens is 1. The molecule has 0 radical (unpaired) electrons. The molecule has 1 unspecified atom stereocenters. The van der Waals surface area contributed by atoms with E-state index >= 15 is 0 Å². The Morgan fingerprint density at radius 3 is 2.36 bits per heavy atom. The molecule has 2 aromatic carbocycles. The third-order valence-corrected chi connectivity index (χ3v) is 4.67. The molecule has 0 fully saturated rings. The fourth-order valence-electron chi connectivity index (χ4n) is 3.33. The van der Waals surface area contributed by atoms with Crippen molar-refractivity contribution < 1.29 is 32.7 Å². The standard InChI is InChI=1S/C20H22F2N2O4/c1-26-17-9-13-7-8-24(11-14(13)10-18(17)27-2)12-19(25)23-15-3-5-16(6-4-15)28-20(21)22/h3-6,9-10,20H,7-8,11-12H2,1-2H3,(H,23,25)/p+1. The van der Waals surface area contributed by atoms with E-state index in [2.05, 4.69) is 10.1 Å². The van der Waals surface area contributed by atoms with Gasteiger partial charge in [-0.1, -0.05) is 0 Å². The van der Waals surface area contributed by atoms with Gasteiger partial charge in [0, 0.05) is 17.7 Å². The normalized spacial score (nSPS) is 15.7. The smallest absolute Gasteiger partial charge is 0.387 e. The third-order valence-electron chi connectivity index (χ3n) is 4.67. The summed E-state index contributed by atoms with van der Waals surface area (Å²) in [5.74, 6) is 1.30. The van der Waals surface area contributed by atoms with Crippen molar-refractivity contribution in [1.82, 2.24) is 0 Å². The largest absolute Gasteiger partial charge is 0.493 e. The molecule has 0 saturated heterocycles. The summed E-state index contributed by atoms with van der Waals surface area (Å²) in [7, 11) is 3.21. The number of rotatable bonds is 7. The zero-order valence-corrected chi connectivity index (χ0v) is 15.8. The first-order chi connectivity index (χ1) is 13.5. The van der Waals surface area contributed by atoms with Gasteiger partial charge in [-0.2, -0.15) is 8.78 Å². The van der Waals surface area contributed by atoms with E-state index in [0.29, 0.717) is 30.3 Å². The van der Waals surface area contributed by atoms with E-state index < -0.39 is 6.61 Å². The first-order valence-electron chi connectivity index (χ1n) is 8.90. The number of fused-ring (bicyclic) bond motifs is 1. The Labute approximate surface area is 162 Å². The Bertz CT molecular complexity index is 828. The molecular formula is C20H23F2N2O4+. The van der Waals surface area contributed by atoms with E-state index in [4.69, 9.17) is 9.47 Å². The number of carbonyl (C=O) groups is 1. The Kier molecular flexibility index (Phi) is 6.30. The number of alkyl halides is 2. The Morgan fingerprint density at radius 2 is 1.75 bits per heavy atom. The number of carbonyl (C=O) groups excluding carboxylic acids is 1. The molecule has 0 saturated carbocycles. The zero-order valence-electron chi connectivity index (χ0n) is 15.8. The number of ether oxygens (including phenoxy) is 3. The molecule has 1 heterocycles. The molecule has 28 heavy (non-hydrogen) atoms. The molecule has 0 bridgehead atoms. The van der Waals surface area contributed by atoms with Crippen LogP contribution >= 0.6 is 0 Å². The van der Waals surface area contributed by atoms with Crippen LogP contribution in [0.2, 0.25) is 0 Å². The van der Waals surface area contributed by atoms with Crippen molar-refractivity contribution in [2.75, 3.05) is 32.6 Å². The van der Waals surface area contributed by atoms with Crippen LogP contribution in [-0.2, 0) is 17.8 Å². The van der Waals surface area contributed by atoms with Gasteiger partial charge in [0.1, 0.15) is 12.3 Å². The molecule has 8 heteroatoms. The van der Waals surface area contributed by atoms with E-state index in [9.17, 15) is 13.6 Å². The number of benzene rings is 2. The van der Waals surface area contributed by atoms with Crippen LogP contribution in [0.5, 0.6) is 17.2 Å². The lowest BCUT2D eigenvalue weighted by atomic mass is 9.99. The minimum atomic E-state index is -2.87. The molecule has 1 amide bonds. The second-order valence-electron chi connectivity index (χ2n) is 6.53. The number of methoxy groups -OCH3 is 2. The predicted octanol–water partition coefficient (Wildman–Crippen LogP) is 1.88. The summed E-state index contributed by atoms with van der Waals surface area (Å²) in [6.07, 6.45) is 0.845. The average Bonchev–Trinajstić information content (AvgIpc) is 2.67. The molecule has 1 atom stereocenters. The predicted molar refractivity (Wildman–Crippen MR) is 99.4 cm³/mol. The number of hydrogen-bond acceptors (Lipinski definition) is 4. The van der Waals surface area contributed by atoms with Gasteiger partial charge in [-0.15, -0.1) is 0 Å². The summed E-state index contributed by atoms with van der Waals surface area (Å²) in [6.45, 7) is -1.02. The van der Waals surface area contributed by atoms with Gasteiger partial charge in [0.25, 0.3) is 5.91 Å². The topological polar surface area (TPSA) is 61.2 Å². The monoisotopic (exact) mass is 393 g/mol. The summed E-state index contributed by atoms with van der Waals surface area (Å²) in [5, 5.41) is 2.79. The van der Waals surface area contributed by atoms with E-state index in [0.717, 1.165) is 23.4 Å². The number of hydrogen-bond donors (Lipinski definition) is 2. The van der Waals surface area contributed by atoms with Gasteiger partial charge < -0.3 is 24.4 Å². The SMILES string of the molecule is COc1cc2c(cc1OC)C[NH+](CC(=O)Nc1ccc(OC(F)F)cc1)CC2. The number of nitrogens with one attached hydrogen (secondary N) is 2. The third kappa shape index (κ3) is 4.89. The minimum Gasteiger partial charge on any atom is -0.493 e. The van der Waals surface area contributed by atoms with Gasteiger partial charge in [0.05, 0.1) is 20.8 Å². The Hall–Kier alpha value is -2.87. The summed E-state index contributed by atoms with van der Waals surface area (Å²) in [5.41, 5.74) is 2.88. The fraction of sp³-hybridized carbons (Fsp3) is 0.350. The second-order valence-corrected chi connectivity index (χ2v) is 6.53. The van der Waals surface area contributed by atoms with Crippen molar-refractivity contribution in [2.45, 2.75) is 19.6 Å². The number of anilines is 1. The zero-order chi connectivity index (χ0) is 20.1. The molecule has 150 valence electrons. The van der Waals surface area contributed by atoms with Crippen LogP contribution in [0.15, 0.2) is 36.4 Å². The molecule has 1 aliphatic rings. The number of halogens is 2. The van der Waals surface area contributed by atoms with Crippen LogP contribution in [0.4, 0.5) is 14.5 Å². The van der Waals surface area contributed by atoms with Crippen LogP contribution in [0.25, 0.3) is 0 Å². The van der Waals surface area contributed by atoms with Gasteiger partial charge in [-0.3, -0.25) is 4.79 Å². The van der Waals surface area contributed by atoms with Crippen LogP contribution in [-0.4, -0.2) is 39.8 Å². The average molecular weight is 393 g/mol. The molecule has 2 aromatic rings. The van der Waals surface area contributed by atoms with Gasteiger partial charge >= 0.3 is 6.61 Å². The van der Waals surface area contributed by atoms with Crippen LogP contribution < -0.4 is 24.4 Å². The van der Waals surface area contributed by atoms with E-state index in [1.165, 1.54) is 29.8 Å². The summed E-state index contributed by atoms with van der Waals surface area (Å²) >= 11 is 0. The maximum Gasteiger partial charge on any atom is 0.387 e. The van der Waals surface area contributed by atoms with Crippen LogP contribution in [0.1, 0.15) is 11.1 Å². The molecule has 1 aliphatic heterocycles. The quantitative estimate of drug-likeness (QED) is 0.754. The van der Waals surface area contributed by atoms with Crippen molar-refractivity contribution in [2.24, 2.45) is 0 Å². The van der Waals surface area contributed by atoms with E-state index in [1.807, 2.05) is 12.1 Å². The van der Waals surface area contributed by atoms with Crippen molar-refractivity contribution in [3.05, 3.63) is 47.5 Å². The van der Waals surface area contributed by atoms with Gasteiger partial charge in [0.15, 0.2) is 18.0 Å². The maximum atomic E-state index is 12.4. The molecule has 6 nitrogen and oxygen atoms in total. The first-order valence-corrected chi connectivity index (χ1v) is 8.90. The van der Waals surface area contributed by atoms with E-state index in [1.54, 1.807) is 14.2 Å². The number of amides is 1. The molecule has 2 N–H and O–H groups in total. The van der Waals surface area contributed by atoms with Crippen LogP contribution in [0.3, 0.4) is 0 Å². The highest BCUT2D eigenvalue weighted by Gasteiger charge is 2.24. The van der Waals surface area contributed by atoms with E-state index in [-0.39, 0.29) is 11.7 Å². The maximum absolute atomic E-state index is 12.4. The summed E-state index contributed by atoms with van der Waals surface area (Å²) in [4.78, 5) is 13.5. The Balaban J connectivity index is 1.58. The van der Waals surface area contributed by atoms with Crippen molar-refractivity contribution in [1.29, 1.82) is 0 Å². The second kappa shape index (κ2) is 8.88. The van der Waals surface area contributed by atoms with Crippen molar-refractivity contribution in [3.63, 3.8) is 0 Å². The molecular weight excluding hydrogens is 370 g/mol. The highest BCUT2D eigenvalue weighted by molar-refractivity contribution is 5.91. The molecule has 0 spiro atoms. The van der Waals surface area contributed by atoms with Crippen molar-refractivity contribution in [3.8, 4) is 17.2 Å². The Morgan fingerprint density at radius 1 is 1.11 bits per heavy atom. The lowest BCUT2D eigenvalue weighted by Gasteiger charge is -2.26. The molecule has 3 rings (SSSR count). The molecule has 0 aliphatic carbocycles. The fourth-order valence-corrected chi connectivity index (χ4v) is 3.33. The summed E-state index contributed by atoms with van der Waals surface area (Å²) < 4.78 is 39.4. The minimum absolute atomic E-state index is 0.0515. The lowest BCUT2D eigenvalue weighted by Crippen LogP contribution is -3.12. The van der Waals surface area contributed by atoms with Gasteiger partial charge in [-0.05, 0) is 42.0 Å². The molecule has 0 aromatic heterocycles. The highest BCUT2D eigenvalue weighted by Crippen LogP contribution is 2.31. The first kappa shape index (κ1) is 19.9. The van der Waals surface area contributed by atoms with Crippen molar-refractivity contribution >= 4 is 11.6 Å². The highest BCUT2D eigenvalue weighted by atomic mass is 19.3. The lowest BCUT2D eigenvalue weighted by molar-refractivity contribution is -0.907. The summed E-state index contributed by atoms with van der Waals surface area (Å²) in [6, 6.07) is 9.82. The van der Waals surface area contributed by atoms with Gasteiger partial charge in [-0.25, -0.2) is 0 Å². The van der Waals surface area contributed by atoms with Crippen LogP contribution in [0, 0.1) is 0 Å².